The second-order valence-electron chi connectivity index (χ2n) is 7.42. The maximum absolute atomic E-state index is 12.9. The van der Waals surface area contributed by atoms with Gasteiger partial charge in [-0.3, -0.25) is 4.79 Å². The van der Waals surface area contributed by atoms with E-state index in [1.54, 1.807) is 0 Å². The molecule has 1 amide bonds. The van der Waals surface area contributed by atoms with Crippen molar-refractivity contribution in [2.45, 2.75) is 63.9 Å². The number of likely N-dealkylation sites (tertiary alicyclic amines) is 1. The van der Waals surface area contributed by atoms with Crippen molar-refractivity contribution in [2.24, 2.45) is 5.41 Å². The van der Waals surface area contributed by atoms with Crippen LogP contribution < -0.4 is 0 Å². The zero-order valence-electron chi connectivity index (χ0n) is 13.8. The quantitative estimate of drug-likeness (QED) is 0.834. The predicted octanol–water partition coefficient (Wildman–Crippen LogP) is 3.71. The molecule has 126 valence electrons. The molecule has 1 aromatic rings. The average Bonchev–Trinajstić information content (AvgIpc) is 3.27. The molecule has 0 N–H and O–H groups in total. The van der Waals surface area contributed by atoms with Crippen molar-refractivity contribution in [2.75, 3.05) is 19.7 Å². The number of oxazole rings is 1. The third-order valence-electron chi connectivity index (χ3n) is 6.05. The molecule has 0 aromatic carbocycles. The zero-order valence-corrected chi connectivity index (χ0v) is 13.8. The van der Waals surface area contributed by atoms with Crippen molar-refractivity contribution in [1.29, 1.82) is 0 Å². The van der Waals surface area contributed by atoms with Crippen LogP contribution >= 0.6 is 0 Å². The smallest absolute Gasteiger partial charge is 0.276 e. The van der Waals surface area contributed by atoms with Gasteiger partial charge in [-0.2, -0.15) is 0 Å². The summed E-state index contributed by atoms with van der Waals surface area (Å²) in [6.07, 6.45) is 12.3. The molecule has 5 nitrogen and oxygen atoms in total. The van der Waals surface area contributed by atoms with Gasteiger partial charge >= 0.3 is 0 Å². The van der Waals surface area contributed by atoms with E-state index < -0.39 is 0 Å². The van der Waals surface area contributed by atoms with Crippen LogP contribution in [0.15, 0.2) is 10.8 Å². The van der Waals surface area contributed by atoms with Crippen molar-refractivity contribution >= 4 is 5.91 Å². The molecule has 3 heterocycles. The van der Waals surface area contributed by atoms with E-state index in [1.807, 2.05) is 4.90 Å². The van der Waals surface area contributed by atoms with Crippen LogP contribution in [0, 0.1) is 5.41 Å². The Labute approximate surface area is 137 Å². The first kappa shape index (κ1) is 15.2. The number of ether oxygens (including phenoxy) is 1. The first-order valence-corrected chi connectivity index (χ1v) is 9.12. The second-order valence-corrected chi connectivity index (χ2v) is 7.42. The number of carbonyl (C=O) groups excluding carboxylic acids is 1. The molecule has 1 aromatic heterocycles. The summed E-state index contributed by atoms with van der Waals surface area (Å²) >= 11 is 0. The highest BCUT2D eigenvalue weighted by Gasteiger charge is 2.38. The van der Waals surface area contributed by atoms with Gasteiger partial charge in [-0.15, -0.1) is 0 Å². The van der Waals surface area contributed by atoms with Gasteiger partial charge in [0.1, 0.15) is 6.10 Å². The van der Waals surface area contributed by atoms with E-state index in [1.165, 1.54) is 38.5 Å². The first-order valence-electron chi connectivity index (χ1n) is 9.12. The van der Waals surface area contributed by atoms with Crippen molar-refractivity contribution in [3.05, 3.63) is 17.8 Å². The molecule has 1 saturated carbocycles. The SMILES string of the molecule is O=C(c1ncoc1[C@@H]1CCCO1)N1CCC2(CCCCC2)CC1. The zero-order chi connectivity index (χ0) is 15.7. The van der Waals surface area contributed by atoms with Crippen LogP contribution in [0.2, 0.25) is 0 Å². The molecule has 23 heavy (non-hydrogen) atoms. The fourth-order valence-electron chi connectivity index (χ4n) is 4.56. The monoisotopic (exact) mass is 318 g/mol. The molecule has 1 aliphatic carbocycles. The van der Waals surface area contributed by atoms with Gasteiger partial charge in [0.15, 0.2) is 17.8 Å². The topological polar surface area (TPSA) is 55.6 Å². The van der Waals surface area contributed by atoms with Crippen LogP contribution in [0.25, 0.3) is 0 Å². The van der Waals surface area contributed by atoms with E-state index in [2.05, 4.69) is 4.98 Å². The Morgan fingerprint density at radius 3 is 2.61 bits per heavy atom. The summed E-state index contributed by atoms with van der Waals surface area (Å²) in [7, 11) is 0. The van der Waals surface area contributed by atoms with Crippen molar-refractivity contribution < 1.29 is 13.9 Å². The number of piperidine rings is 1. The maximum atomic E-state index is 12.9. The lowest BCUT2D eigenvalue weighted by atomic mass is 9.68. The Morgan fingerprint density at radius 2 is 1.91 bits per heavy atom. The van der Waals surface area contributed by atoms with Gasteiger partial charge in [0.05, 0.1) is 0 Å². The second kappa shape index (κ2) is 6.27. The normalized spacial score (nSPS) is 27.5. The number of hydrogen-bond acceptors (Lipinski definition) is 4. The summed E-state index contributed by atoms with van der Waals surface area (Å²) < 4.78 is 11.1. The summed E-state index contributed by atoms with van der Waals surface area (Å²) in [6.45, 7) is 2.46. The Hall–Kier alpha value is -1.36. The molecule has 5 heteroatoms. The standard InChI is InChI=1S/C18H26N2O3/c21-17(15-16(23-13-19-15)14-5-4-12-22-14)20-10-8-18(9-11-20)6-2-1-3-7-18/h13-14H,1-12H2/t14-/m0/s1. The largest absolute Gasteiger partial charge is 0.445 e. The van der Waals surface area contributed by atoms with Crippen molar-refractivity contribution in [3.8, 4) is 0 Å². The van der Waals surface area contributed by atoms with Gasteiger partial charge in [0.2, 0.25) is 0 Å². The van der Waals surface area contributed by atoms with Gasteiger partial charge in [-0.1, -0.05) is 19.3 Å². The van der Waals surface area contributed by atoms with Crippen LogP contribution in [0.3, 0.4) is 0 Å². The third-order valence-corrected chi connectivity index (χ3v) is 6.05. The molecule has 4 rings (SSSR count). The van der Waals surface area contributed by atoms with Gasteiger partial charge in [0.25, 0.3) is 5.91 Å². The molecule has 2 aliphatic heterocycles. The lowest BCUT2D eigenvalue weighted by Gasteiger charge is -2.44. The third kappa shape index (κ3) is 2.91. The number of hydrogen-bond donors (Lipinski definition) is 0. The van der Waals surface area contributed by atoms with E-state index in [-0.39, 0.29) is 12.0 Å². The van der Waals surface area contributed by atoms with Crippen LogP contribution in [0.1, 0.15) is 80.1 Å². The predicted molar refractivity (Wildman–Crippen MR) is 85.1 cm³/mol. The van der Waals surface area contributed by atoms with E-state index in [0.717, 1.165) is 45.4 Å². The summed E-state index contributed by atoms with van der Waals surface area (Å²) in [6, 6.07) is 0. The summed E-state index contributed by atoms with van der Waals surface area (Å²) in [5, 5.41) is 0. The Balaban J connectivity index is 1.43. The summed E-state index contributed by atoms with van der Waals surface area (Å²) in [4.78, 5) is 19.0. The molecule has 0 bridgehead atoms. The van der Waals surface area contributed by atoms with Crippen molar-refractivity contribution in [3.63, 3.8) is 0 Å². The highest BCUT2D eigenvalue weighted by molar-refractivity contribution is 5.93. The highest BCUT2D eigenvalue weighted by atomic mass is 16.5. The molecule has 0 radical (unpaired) electrons. The molecule has 1 atom stereocenters. The maximum Gasteiger partial charge on any atom is 0.276 e. The van der Waals surface area contributed by atoms with Gasteiger partial charge in [-0.05, 0) is 43.9 Å². The van der Waals surface area contributed by atoms with Gasteiger partial charge in [-0.25, -0.2) is 4.98 Å². The Bertz CT molecular complexity index is 546. The molecule has 3 fully saturated rings. The van der Waals surface area contributed by atoms with Gasteiger partial charge < -0.3 is 14.1 Å². The minimum atomic E-state index is -0.0917. The van der Waals surface area contributed by atoms with E-state index in [4.69, 9.17) is 9.15 Å². The average molecular weight is 318 g/mol. The number of aromatic nitrogens is 1. The minimum Gasteiger partial charge on any atom is -0.445 e. The van der Waals surface area contributed by atoms with Crippen molar-refractivity contribution in [1.82, 2.24) is 9.88 Å². The highest BCUT2D eigenvalue weighted by Crippen LogP contribution is 2.44. The van der Waals surface area contributed by atoms with Crippen LogP contribution in [-0.4, -0.2) is 35.5 Å². The molecule has 2 saturated heterocycles. The van der Waals surface area contributed by atoms with E-state index >= 15 is 0 Å². The molecular formula is C18H26N2O3. The lowest BCUT2D eigenvalue weighted by Crippen LogP contribution is -2.44. The number of amides is 1. The number of nitrogens with zero attached hydrogens (tertiary/aromatic N) is 2. The summed E-state index contributed by atoms with van der Waals surface area (Å²) in [5.74, 6) is 0.653. The lowest BCUT2D eigenvalue weighted by molar-refractivity contribution is 0.0454. The Morgan fingerprint density at radius 1 is 1.13 bits per heavy atom. The fraction of sp³-hybridized carbons (Fsp3) is 0.778. The van der Waals surface area contributed by atoms with Crippen LogP contribution in [0.4, 0.5) is 0 Å². The molecular weight excluding hydrogens is 292 g/mol. The van der Waals surface area contributed by atoms with Gasteiger partial charge in [0, 0.05) is 19.7 Å². The molecule has 0 unspecified atom stereocenters. The van der Waals surface area contributed by atoms with Crippen LogP contribution in [0.5, 0.6) is 0 Å². The molecule has 3 aliphatic rings. The summed E-state index contributed by atoms with van der Waals surface area (Å²) in [5.41, 5.74) is 0.979. The molecule has 1 spiro atoms. The fourth-order valence-corrected chi connectivity index (χ4v) is 4.56. The number of carbonyl (C=O) groups is 1. The minimum absolute atomic E-state index is 0.0231. The Kier molecular flexibility index (Phi) is 4.14. The van der Waals surface area contributed by atoms with E-state index in [9.17, 15) is 4.79 Å². The number of rotatable bonds is 2. The first-order chi connectivity index (χ1) is 11.3. The van der Waals surface area contributed by atoms with E-state index in [0.29, 0.717) is 16.9 Å². The van der Waals surface area contributed by atoms with Crippen LogP contribution in [-0.2, 0) is 4.74 Å².